The van der Waals surface area contributed by atoms with Crippen molar-refractivity contribution < 1.29 is 0 Å². The van der Waals surface area contributed by atoms with Gasteiger partial charge in [-0.05, 0) is 19.1 Å². The molecule has 0 saturated carbocycles. The molecule has 13 heavy (non-hydrogen) atoms. The fraction of sp³-hybridized carbons (Fsp3) is 0.111. The van der Waals surface area contributed by atoms with Gasteiger partial charge in [-0.1, -0.05) is 0 Å². The molecule has 4 heteroatoms. The van der Waals surface area contributed by atoms with Crippen molar-refractivity contribution in [1.29, 1.82) is 0 Å². The van der Waals surface area contributed by atoms with Crippen molar-refractivity contribution in [2.45, 2.75) is 6.92 Å². The Kier molecular flexibility index (Phi) is 1.98. The van der Waals surface area contributed by atoms with Crippen LogP contribution in [0.25, 0.3) is 11.3 Å². The molecular formula is C9H9N3S. The first-order chi connectivity index (χ1) is 6.25. The second kappa shape index (κ2) is 3.14. The van der Waals surface area contributed by atoms with Crippen LogP contribution in [0.1, 0.15) is 5.69 Å². The Morgan fingerprint density at radius 3 is 2.92 bits per heavy atom. The van der Waals surface area contributed by atoms with E-state index in [1.165, 1.54) is 11.3 Å². The van der Waals surface area contributed by atoms with Gasteiger partial charge in [0.2, 0.25) is 0 Å². The second-order valence-corrected chi connectivity index (χ2v) is 3.65. The minimum atomic E-state index is 0.601. The van der Waals surface area contributed by atoms with Gasteiger partial charge in [0.15, 0.2) is 5.13 Å². The molecule has 2 aromatic rings. The average molecular weight is 191 g/mol. The summed E-state index contributed by atoms with van der Waals surface area (Å²) in [6.45, 7) is 1.96. The Hall–Kier alpha value is -1.42. The van der Waals surface area contributed by atoms with Gasteiger partial charge in [0.25, 0.3) is 0 Å². The van der Waals surface area contributed by atoms with Crippen LogP contribution < -0.4 is 5.73 Å². The fourth-order valence-electron chi connectivity index (χ4n) is 1.13. The van der Waals surface area contributed by atoms with E-state index >= 15 is 0 Å². The number of hydrogen-bond donors (Lipinski definition) is 1. The zero-order valence-electron chi connectivity index (χ0n) is 7.19. The molecule has 0 atom stereocenters. The summed E-state index contributed by atoms with van der Waals surface area (Å²) in [6, 6.07) is 3.93. The van der Waals surface area contributed by atoms with Gasteiger partial charge in [0, 0.05) is 22.8 Å². The third kappa shape index (κ3) is 1.67. The highest BCUT2D eigenvalue weighted by Crippen LogP contribution is 2.22. The summed E-state index contributed by atoms with van der Waals surface area (Å²) < 4.78 is 0. The third-order valence-corrected chi connectivity index (χ3v) is 2.39. The summed E-state index contributed by atoms with van der Waals surface area (Å²) in [7, 11) is 0. The molecule has 3 nitrogen and oxygen atoms in total. The first kappa shape index (κ1) is 8.19. The molecule has 2 aromatic heterocycles. The van der Waals surface area contributed by atoms with E-state index in [2.05, 4.69) is 9.97 Å². The normalized spacial score (nSPS) is 10.2. The molecule has 0 aliphatic heterocycles. The standard InChI is InChI=1S/C9H9N3S/c1-6-4-7(2-3-11-6)8-5-13-9(10)12-8/h2-5H,1H3,(H2,10,12). The van der Waals surface area contributed by atoms with Crippen molar-refractivity contribution in [3.63, 3.8) is 0 Å². The number of pyridine rings is 1. The van der Waals surface area contributed by atoms with Crippen LogP contribution in [0, 0.1) is 6.92 Å². The molecule has 0 aliphatic carbocycles. The first-order valence-electron chi connectivity index (χ1n) is 3.90. The Balaban J connectivity index is 2.46. The summed E-state index contributed by atoms with van der Waals surface area (Å²) >= 11 is 1.45. The molecule has 2 rings (SSSR count). The minimum Gasteiger partial charge on any atom is -0.375 e. The smallest absolute Gasteiger partial charge is 0.180 e. The first-order valence-corrected chi connectivity index (χ1v) is 4.78. The number of aromatic nitrogens is 2. The number of nitrogen functional groups attached to an aromatic ring is 1. The number of anilines is 1. The lowest BCUT2D eigenvalue weighted by atomic mass is 10.2. The number of nitrogens with two attached hydrogens (primary N) is 1. The van der Waals surface area contributed by atoms with E-state index in [-0.39, 0.29) is 0 Å². The Morgan fingerprint density at radius 2 is 2.31 bits per heavy atom. The minimum absolute atomic E-state index is 0.601. The lowest BCUT2D eigenvalue weighted by Crippen LogP contribution is -1.85. The van der Waals surface area contributed by atoms with Crippen LogP contribution >= 0.6 is 11.3 Å². The van der Waals surface area contributed by atoms with Crippen LogP contribution in [0.5, 0.6) is 0 Å². The quantitative estimate of drug-likeness (QED) is 0.751. The van der Waals surface area contributed by atoms with E-state index in [1.54, 1.807) is 6.20 Å². The number of aryl methyl sites for hydroxylation is 1. The van der Waals surface area contributed by atoms with Crippen molar-refractivity contribution in [3.05, 3.63) is 29.4 Å². The largest absolute Gasteiger partial charge is 0.375 e. The third-order valence-electron chi connectivity index (χ3n) is 1.71. The van der Waals surface area contributed by atoms with Crippen molar-refractivity contribution in [2.75, 3.05) is 5.73 Å². The van der Waals surface area contributed by atoms with Crippen molar-refractivity contribution >= 4 is 16.5 Å². The van der Waals surface area contributed by atoms with Crippen molar-refractivity contribution in [2.24, 2.45) is 0 Å². The van der Waals surface area contributed by atoms with E-state index in [0.717, 1.165) is 17.0 Å². The van der Waals surface area contributed by atoms with E-state index < -0.39 is 0 Å². The molecule has 0 radical (unpaired) electrons. The topological polar surface area (TPSA) is 51.8 Å². The molecule has 0 spiro atoms. The van der Waals surface area contributed by atoms with E-state index in [4.69, 9.17) is 5.73 Å². The molecule has 0 unspecified atom stereocenters. The highest BCUT2D eigenvalue weighted by atomic mass is 32.1. The van der Waals surface area contributed by atoms with E-state index in [0.29, 0.717) is 5.13 Å². The average Bonchev–Trinajstić information content (AvgIpc) is 2.52. The van der Waals surface area contributed by atoms with E-state index in [9.17, 15) is 0 Å². The maximum absolute atomic E-state index is 5.55. The number of thiazole rings is 1. The van der Waals surface area contributed by atoms with Crippen LogP contribution in [0.15, 0.2) is 23.7 Å². The van der Waals surface area contributed by atoms with Gasteiger partial charge >= 0.3 is 0 Å². The lowest BCUT2D eigenvalue weighted by molar-refractivity contribution is 1.20. The summed E-state index contributed by atoms with van der Waals surface area (Å²) in [5.41, 5.74) is 8.53. The zero-order valence-corrected chi connectivity index (χ0v) is 8.01. The van der Waals surface area contributed by atoms with Crippen LogP contribution in [-0.2, 0) is 0 Å². The van der Waals surface area contributed by atoms with Gasteiger partial charge < -0.3 is 5.73 Å². The van der Waals surface area contributed by atoms with E-state index in [1.807, 2.05) is 24.4 Å². The van der Waals surface area contributed by atoms with Crippen molar-refractivity contribution in [1.82, 2.24) is 9.97 Å². The number of rotatable bonds is 1. The molecule has 66 valence electrons. The second-order valence-electron chi connectivity index (χ2n) is 2.76. The van der Waals surface area contributed by atoms with Crippen molar-refractivity contribution in [3.8, 4) is 11.3 Å². The molecule has 0 amide bonds. The fourth-order valence-corrected chi connectivity index (χ4v) is 1.70. The summed E-state index contributed by atoms with van der Waals surface area (Å²) in [5.74, 6) is 0. The predicted octanol–water partition coefficient (Wildman–Crippen LogP) is 2.10. The summed E-state index contributed by atoms with van der Waals surface area (Å²) in [5, 5.41) is 2.55. The van der Waals surface area contributed by atoms with Gasteiger partial charge in [0.05, 0.1) is 5.69 Å². The van der Waals surface area contributed by atoms with Gasteiger partial charge in [-0.15, -0.1) is 11.3 Å². The van der Waals surface area contributed by atoms with Gasteiger partial charge in [-0.2, -0.15) is 0 Å². The Morgan fingerprint density at radius 1 is 1.46 bits per heavy atom. The molecule has 0 saturated heterocycles. The zero-order chi connectivity index (χ0) is 9.26. The molecule has 0 bridgehead atoms. The van der Waals surface area contributed by atoms with Crippen LogP contribution in [0.2, 0.25) is 0 Å². The summed E-state index contributed by atoms with van der Waals surface area (Å²) in [6.07, 6.45) is 1.78. The van der Waals surface area contributed by atoms with Gasteiger partial charge in [0.1, 0.15) is 0 Å². The van der Waals surface area contributed by atoms with Crippen LogP contribution in [0.3, 0.4) is 0 Å². The van der Waals surface area contributed by atoms with Gasteiger partial charge in [-0.25, -0.2) is 4.98 Å². The van der Waals surface area contributed by atoms with Gasteiger partial charge in [-0.3, -0.25) is 4.98 Å². The maximum Gasteiger partial charge on any atom is 0.180 e. The monoisotopic (exact) mass is 191 g/mol. The molecule has 2 heterocycles. The lowest BCUT2D eigenvalue weighted by Gasteiger charge is -1.96. The molecule has 0 aromatic carbocycles. The molecular weight excluding hydrogens is 182 g/mol. The predicted molar refractivity (Wildman–Crippen MR) is 54.5 cm³/mol. The Bertz CT molecular complexity index is 422. The highest BCUT2D eigenvalue weighted by Gasteiger charge is 2.01. The maximum atomic E-state index is 5.55. The molecule has 2 N–H and O–H groups in total. The molecule has 0 aliphatic rings. The SMILES string of the molecule is Cc1cc(-c2csc(N)n2)ccn1. The number of nitrogens with zero attached hydrogens (tertiary/aromatic N) is 2. The van der Waals surface area contributed by atoms with Crippen LogP contribution in [-0.4, -0.2) is 9.97 Å². The highest BCUT2D eigenvalue weighted by molar-refractivity contribution is 7.13. The number of hydrogen-bond acceptors (Lipinski definition) is 4. The Labute approximate surface area is 80.3 Å². The summed E-state index contributed by atoms with van der Waals surface area (Å²) in [4.78, 5) is 8.31. The molecule has 0 fully saturated rings. The van der Waals surface area contributed by atoms with Crippen LogP contribution in [0.4, 0.5) is 5.13 Å².